The van der Waals surface area contributed by atoms with Crippen molar-refractivity contribution in [2.24, 2.45) is 11.1 Å². The van der Waals surface area contributed by atoms with Crippen LogP contribution in [-0.4, -0.2) is 36.4 Å². The van der Waals surface area contributed by atoms with Crippen LogP contribution in [0.5, 0.6) is 5.75 Å². The topological polar surface area (TPSA) is 72.6 Å². The van der Waals surface area contributed by atoms with Gasteiger partial charge >= 0.3 is 0 Å². The predicted octanol–water partition coefficient (Wildman–Crippen LogP) is 4.59. The second kappa shape index (κ2) is 9.18. The predicted molar refractivity (Wildman–Crippen MR) is 117 cm³/mol. The van der Waals surface area contributed by atoms with Gasteiger partial charge in [0.25, 0.3) is 5.91 Å². The molecular weight excluding hydrogens is 456 g/mol. The number of amides is 2. The van der Waals surface area contributed by atoms with Crippen molar-refractivity contribution in [3.8, 4) is 5.75 Å². The standard InChI is InChI=1S/C22H24BrClN2O3/c1-15-12-16(6-7-19(15)24)29-14-22(13-20(25)27)8-10-26(11-9-22)21(28)17-4-2-3-5-18(17)23/h2-7,12H,8-11,13-14H2,1H3,(H2,25,27). The molecule has 1 heterocycles. The monoisotopic (exact) mass is 478 g/mol. The van der Waals surface area contributed by atoms with Gasteiger partial charge in [-0.1, -0.05) is 23.7 Å². The molecule has 0 spiro atoms. The Bertz CT molecular complexity index is 911. The molecule has 0 bridgehead atoms. The van der Waals surface area contributed by atoms with Gasteiger partial charge in [0, 0.05) is 34.4 Å². The first-order chi connectivity index (χ1) is 13.8. The zero-order chi connectivity index (χ0) is 21.0. The maximum Gasteiger partial charge on any atom is 0.254 e. The van der Waals surface area contributed by atoms with Crippen LogP contribution in [0.15, 0.2) is 46.9 Å². The lowest BCUT2D eigenvalue weighted by Crippen LogP contribution is -2.47. The van der Waals surface area contributed by atoms with Crippen LogP contribution < -0.4 is 10.5 Å². The van der Waals surface area contributed by atoms with Gasteiger partial charge in [-0.25, -0.2) is 0 Å². The van der Waals surface area contributed by atoms with Crippen LogP contribution >= 0.6 is 27.5 Å². The number of rotatable bonds is 6. The van der Waals surface area contributed by atoms with Crippen molar-refractivity contribution in [1.29, 1.82) is 0 Å². The van der Waals surface area contributed by atoms with Gasteiger partial charge in [0.15, 0.2) is 0 Å². The molecular formula is C22H24BrClN2O3. The van der Waals surface area contributed by atoms with Crippen molar-refractivity contribution in [1.82, 2.24) is 4.90 Å². The number of nitrogens with zero attached hydrogens (tertiary/aromatic N) is 1. The third-order valence-electron chi connectivity index (χ3n) is 5.44. The van der Waals surface area contributed by atoms with Crippen molar-refractivity contribution in [3.05, 3.63) is 63.1 Å². The number of hydrogen-bond acceptors (Lipinski definition) is 3. The summed E-state index contributed by atoms with van der Waals surface area (Å²) in [7, 11) is 0. The SMILES string of the molecule is Cc1cc(OCC2(CC(N)=O)CCN(C(=O)c3ccccc3Br)CC2)ccc1Cl. The van der Waals surface area contributed by atoms with Crippen LogP contribution in [0.4, 0.5) is 0 Å². The lowest BCUT2D eigenvalue weighted by atomic mass is 9.76. The van der Waals surface area contributed by atoms with E-state index in [0.717, 1.165) is 10.0 Å². The molecule has 0 saturated carbocycles. The van der Waals surface area contributed by atoms with Crippen LogP contribution in [0.1, 0.15) is 35.2 Å². The number of primary amides is 1. The molecule has 1 saturated heterocycles. The van der Waals surface area contributed by atoms with E-state index in [2.05, 4.69) is 15.9 Å². The Kier molecular flexibility index (Phi) is 6.85. The molecule has 2 aromatic rings. The highest BCUT2D eigenvalue weighted by molar-refractivity contribution is 9.10. The van der Waals surface area contributed by atoms with Crippen LogP contribution in [0.25, 0.3) is 0 Å². The minimum absolute atomic E-state index is 0.0144. The fourth-order valence-corrected chi connectivity index (χ4v) is 4.25. The summed E-state index contributed by atoms with van der Waals surface area (Å²) in [5, 5.41) is 0.683. The number of ether oxygens (including phenoxy) is 1. The number of halogens is 2. The van der Waals surface area contributed by atoms with Gasteiger partial charge in [-0.05, 0) is 71.6 Å². The second-order valence-electron chi connectivity index (χ2n) is 7.61. The van der Waals surface area contributed by atoms with Gasteiger partial charge in [0.1, 0.15) is 5.75 Å². The Hall–Kier alpha value is -2.05. The lowest BCUT2D eigenvalue weighted by molar-refractivity contribution is -0.121. The summed E-state index contributed by atoms with van der Waals surface area (Å²) < 4.78 is 6.79. The lowest BCUT2D eigenvalue weighted by Gasteiger charge is -2.41. The number of carbonyl (C=O) groups excluding carboxylic acids is 2. The minimum atomic E-state index is -0.385. The van der Waals surface area contributed by atoms with Crippen LogP contribution in [0.2, 0.25) is 5.02 Å². The summed E-state index contributed by atoms with van der Waals surface area (Å²) in [6, 6.07) is 12.9. The Morgan fingerprint density at radius 2 is 1.90 bits per heavy atom. The summed E-state index contributed by atoms with van der Waals surface area (Å²) >= 11 is 9.52. The number of benzene rings is 2. The highest BCUT2D eigenvalue weighted by Crippen LogP contribution is 2.37. The van der Waals surface area contributed by atoms with Gasteiger partial charge < -0.3 is 15.4 Å². The average molecular weight is 480 g/mol. The summed E-state index contributed by atoms with van der Waals surface area (Å²) in [5.41, 5.74) is 6.72. The van der Waals surface area contributed by atoms with Crippen LogP contribution in [0, 0.1) is 12.3 Å². The smallest absolute Gasteiger partial charge is 0.254 e. The molecule has 0 radical (unpaired) electrons. The molecule has 0 aliphatic carbocycles. The fraction of sp³-hybridized carbons (Fsp3) is 0.364. The Morgan fingerprint density at radius 1 is 1.21 bits per heavy atom. The molecule has 1 fully saturated rings. The first-order valence-corrected chi connectivity index (χ1v) is 10.7. The molecule has 0 atom stereocenters. The molecule has 3 rings (SSSR count). The summed E-state index contributed by atoms with van der Waals surface area (Å²) in [4.78, 5) is 26.4. The zero-order valence-electron chi connectivity index (χ0n) is 16.3. The Balaban J connectivity index is 1.68. The maximum atomic E-state index is 12.9. The molecule has 29 heavy (non-hydrogen) atoms. The van der Waals surface area contributed by atoms with E-state index in [9.17, 15) is 9.59 Å². The molecule has 2 aromatic carbocycles. The Morgan fingerprint density at radius 3 is 2.52 bits per heavy atom. The van der Waals surface area contributed by atoms with Crippen molar-refractivity contribution in [3.63, 3.8) is 0 Å². The number of piperidine rings is 1. The largest absolute Gasteiger partial charge is 0.493 e. The highest BCUT2D eigenvalue weighted by Gasteiger charge is 2.38. The second-order valence-corrected chi connectivity index (χ2v) is 8.88. The molecule has 1 aliphatic heterocycles. The van der Waals surface area contributed by atoms with Gasteiger partial charge in [-0.15, -0.1) is 0 Å². The number of hydrogen-bond donors (Lipinski definition) is 1. The molecule has 0 aromatic heterocycles. The summed E-state index contributed by atoms with van der Waals surface area (Å²) in [6.07, 6.45) is 1.54. The molecule has 154 valence electrons. The first-order valence-electron chi connectivity index (χ1n) is 9.51. The van der Waals surface area contributed by atoms with Crippen molar-refractivity contribution in [2.45, 2.75) is 26.2 Å². The van der Waals surface area contributed by atoms with Crippen LogP contribution in [0.3, 0.4) is 0 Å². The number of likely N-dealkylation sites (tertiary alicyclic amines) is 1. The van der Waals surface area contributed by atoms with E-state index in [1.165, 1.54) is 0 Å². The van der Waals surface area contributed by atoms with E-state index in [-0.39, 0.29) is 23.7 Å². The van der Waals surface area contributed by atoms with E-state index >= 15 is 0 Å². The minimum Gasteiger partial charge on any atom is -0.493 e. The van der Waals surface area contributed by atoms with Crippen molar-refractivity contribution < 1.29 is 14.3 Å². The van der Waals surface area contributed by atoms with Gasteiger partial charge in [0.05, 0.1) is 12.2 Å². The van der Waals surface area contributed by atoms with E-state index in [1.54, 1.807) is 6.07 Å². The molecule has 1 aliphatic rings. The number of aryl methyl sites for hydroxylation is 1. The molecule has 7 heteroatoms. The molecule has 5 nitrogen and oxygen atoms in total. The third kappa shape index (κ3) is 5.31. The van der Waals surface area contributed by atoms with Crippen molar-refractivity contribution in [2.75, 3.05) is 19.7 Å². The summed E-state index contributed by atoms with van der Waals surface area (Å²) in [6.45, 7) is 3.39. The molecule has 0 unspecified atom stereocenters. The van der Waals surface area contributed by atoms with Gasteiger partial charge in [0.2, 0.25) is 5.91 Å². The Labute approximate surface area is 184 Å². The summed E-state index contributed by atoms with van der Waals surface area (Å²) in [5.74, 6) is 0.341. The average Bonchev–Trinajstić information content (AvgIpc) is 2.69. The van der Waals surface area contributed by atoms with Crippen LogP contribution in [-0.2, 0) is 4.79 Å². The maximum absolute atomic E-state index is 12.9. The van der Waals surface area contributed by atoms with Gasteiger partial charge in [-0.3, -0.25) is 9.59 Å². The van der Waals surface area contributed by atoms with E-state index in [1.807, 2.05) is 48.2 Å². The quantitative estimate of drug-likeness (QED) is 0.659. The third-order valence-corrected chi connectivity index (χ3v) is 6.55. The van der Waals surface area contributed by atoms with E-state index < -0.39 is 0 Å². The zero-order valence-corrected chi connectivity index (χ0v) is 18.6. The first kappa shape index (κ1) is 21.7. The molecule has 2 N–H and O–H groups in total. The van der Waals surface area contributed by atoms with Gasteiger partial charge in [-0.2, -0.15) is 0 Å². The van der Waals surface area contributed by atoms with E-state index in [0.29, 0.717) is 48.9 Å². The normalized spacial score (nSPS) is 15.8. The number of carbonyl (C=O) groups is 2. The van der Waals surface area contributed by atoms with E-state index in [4.69, 9.17) is 22.1 Å². The highest BCUT2D eigenvalue weighted by atomic mass is 79.9. The number of nitrogens with two attached hydrogens (primary N) is 1. The van der Waals surface area contributed by atoms with Crippen molar-refractivity contribution >= 4 is 39.3 Å². The molecule has 2 amide bonds. The fourth-order valence-electron chi connectivity index (χ4n) is 3.67.